The minimum Gasteiger partial charge on any atom is -0.502 e. The molecule has 9 heteroatoms. The molecule has 1 aromatic carbocycles. The summed E-state index contributed by atoms with van der Waals surface area (Å²) in [5.41, 5.74) is -0.591. The minimum atomic E-state index is -0.696. The summed E-state index contributed by atoms with van der Waals surface area (Å²) >= 11 is 0. The van der Waals surface area contributed by atoms with Gasteiger partial charge in [0.1, 0.15) is 5.60 Å². The SMILES string of the molecule is CCOC(=O)C(C)C[C@H](Cc1ccc(O)c([N+](=O)[O-])c1)NC(=O)OC(C)(C)C. The molecule has 2 atom stereocenters. The molecule has 0 heterocycles. The number of carbonyl (C=O) groups is 2. The topological polar surface area (TPSA) is 128 Å². The summed E-state index contributed by atoms with van der Waals surface area (Å²) in [5.74, 6) is -1.33. The smallest absolute Gasteiger partial charge is 0.407 e. The van der Waals surface area contributed by atoms with E-state index in [1.165, 1.54) is 18.2 Å². The first-order valence-electron chi connectivity index (χ1n) is 9.05. The van der Waals surface area contributed by atoms with E-state index in [2.05, 4.69) is 5.32 Å². The lowest BCUT2D eigenvalue weighted by Crippen LogP contribution is -2.41. The van der Waals surface area contributed by atoms with Gasteiger partial charge in [0.05, 0.1) is 17.4 Å². The molecule has 0 aliphatic rings. The highest BCUT2D eigenvalue weighted by Gasteiger charge is 2.25. The van der Waals surface area contributed by atoms with Crippen LogP contribution in [0.3, 0.4) is 0 Å². The molecule has 0 radical (unpaired) electrons. The van der Waals surface area contributed by atoms with E-state index in [0.29, 0.717) is 5.56 Å². The maximum atomic E-state index is 12.2. The molecule has 1 aromatic rings. The molecular weight excluding hydrogens is 368 g/mol. The molecule has 0 saturated carbocycles. The molecule has 0 aliphatic carbocycles. The maximum Gasteiger partial charge on any atom is 0.407 e. The third-order valence-electron chi connectivity index (χ3n) is 3.77. The second-order valence-electron chi connectivity index (χ2n) is 7.52. The molecule has 0 bridgehead atoms. The van der Waals surface area contributed by atoms with E-state index in [-0.39, 0.29) is 19.4 Å². The Morgan fingerprint density at radius 2 is 1.96 bits per heavy atom. The van der Waals surface area contributed by atoms with E-state index in [4.69, 9.17) is 9.47 Å². The number of nitrogens with one attached hydrogen (secondary N) is 1. The van der Waals surface area contributed by atoms with Gasteiger partial charge < -0.3 is 19.9 Å². The van der Waals surface area contributed by atoms with Crippen LogP contribution in [0.25, 0.3) is 0 Å². The zero-order chi connectivity index (χ0) is 21.5. The molecule has 2 N–H and O–H groups in total. The molecule has 1 amide bonds. The monoisotopic (exact) mass is 396 g/mol. The number of nitrogens with zero attached hydrogens (tertiary/aromatic N) is 1. The number of hydrogen-bond donors (Lipinski definition) is 2. The van der Waals surface area contributed by atoms with Gasteiger partial charge in [0.25, 0.3) is 0 Å². The highest BCUT2D eigenvalue weighted by Crippen LogP contribution is 2.27. The molecule has 9 nitrogen and oxygen atoms in total. The van der Waals surface area contributed by atoms with Crippen LogP contribution in [0.15, 0.2) is 18.2 Å². The molecule has 0 fully saturated rings. The molecule has 0 spiro atoms. The lowest BCUT2D eigenvalue weighted by Gasteiger charge is -2.25. The van der Waals surface area contributed by atoms with Crippen molar-refractivity contribution in [3.63, 3.8) is 0 Å². The van der Waals surface area contributed by atoms with Crippen LogP contribution >= 0.6 is 0 Å². The van der Waals surface area contributed by atoms with E-state index >= 15 is 0 Å². The first-order valence-corrected chi connectivity index (χ1v) is 9.05. The molecule has 0 aliphatic heterocycles. The van der Waals surface area contributed by atoms with Crippen LogP contribution < -0.4 is 5.32 Å². The maximum absolute atomic E-state index is 12.2. The Labute approximate surface area is 164 Å². The average molecular weight is 396 g/mol. The van der Waals surface area contributed by atoms with Crippen LogP contribution in [0.5, 0.6) is 5.75 Å². The Bertz CT molecular complexity index is 713. The number of rotatable bonds is 8. The zero-order valence-corrected chi connectivity index (χ0v) is 16.9. The quantitative estimate of drug-likeness (QED) is 0.392. The van der Waals surface area contributed by atoms with Gasteiger partial charge in [0, 0.05) is 12.1 Å². The Kier molecular flexibility index (Phi) is 8.21. The van der Waals surface area contributed by atoms with Crippen LogP contribution in [0.1, 0.15) is 46.6 Å². The fourth-order valence-electron chi connectivity index (χ4n) is 2.60. The molecule has 1 unspecified atom stereocenters. The number of phenolic OH excluding ortho intramolecular Hbond substituents is 1. The Balaban J connectivity index is 2.99. The van der Waals surface area contributed by atoms with Gasteiger partial charge in [0.2, 0.25) is 0 Å². The minimum absolute atomic E-state index is 0.212. The summed E-state index contributed by atoms with van der Waals surface area (Å²) in [5, 5.41) is 23.3. The number of nitro groups is 1. The highest BCUT2D eigenvalue weighted by atomic mass is 16.6. The van der Waals surface area contributed by atoms with Gasteiger partial charge in [-0.1, -0.05) is 13.0 Å². The molecular formula is C19H28N2O7. The summed E-state index contributed by atoms with van der Waals surface area (Å²) < 4.78 is 10.3. The van der Waals surface area contributed by atoms with Crippen molar-refractivity contribution in [2.75, 3.05) is 6.61 Å². The van der Waals surface area contributed by atoms with Crippen molar-refractivity contribution in [3.8, 4) is 5.75 Å². The first-order chi connectivity index (χ1) is 12.9. The van der Waals surface area contributed by atoms with Crippen molar-refractivity contribution in [1.29, 1.82) is 0 Å². The molecule has 0 aromatic heterocycles. The van der Waals surface area contributed by atoms with E-state index in [1.807, 2.05) is 0 Å². The lowest BCUT2D eigenvalue weighted by molar-refractivity contribution is -0.385. The average Bonchev–Trinajstić information content (AvgIpc) is 2.54. The Hall–Kier alpha value is -2.84. The number of amides is 1. The largest absolute Gasteiger partial charge is 0.502 e. The Morgan fingerprint density at radius 3 is 2.50 bits per heavy atom. The number of phenols is 1. The van der Waals surface area contributed by atoms with Crippen molar-refractivity contribution in [2.24, 2.45) is 5.92 Å². The van der Waals surface area contributed by atoms with Gasteiger partial charge >= 0.3 is 17.7 Å². The number of ether oxygens (including phenoxy) is 2. The van der Waals surface area contributed by atoms with E-state index < -0.39 is 46.0 Å². The second-order valence-corrected chi connectivity index (χ2v) is 7.52. The van der Waals surface area contributed by atoms with Crippen molar-refractivity contribution < 1.29 is 29.1 Å². The van der Waals surface area contributed by atoms with Crippen LogP contribution in [0.2, 0.25) is 0 Å². The standard InChI is InChI=1S/C19H28N2O7/c1-6-27-17(23)12(2)9-14(20-18(24)28-19(3,4)5)10-13-7-8-16(22)15(11-13)21(25)26/h7-8,11-12,14,22H,6,9-10H2,1-5H3,(H,20,24)/t12?,14-/m1/s1. The van der Waals surface area contributed by atoms with Gasteiger partial charge in [-0.15, -0.1) is 0 Å². The predicted molar refractivity (Wildman–Crippen MR) is 102 cm³/mol. The van der Waals surface area contributed by atoms with Crippen LogP contribution in [0.4, 0.5) is 10.5 Å². The summed E-state index contributed by atoms with van der Waals surface area (Å²) in [6.07, 6.45) is -0.182. The van der Waals surface area contributed by atoms with E-state index in [1.54, 1.807) is 34.6 Å². The third-order valence-corrected chi connectivity index (χ3v) is 3.77. The number of aromatic hydroxyl groups is 1. The van der Waals surface area contributed by atoms with Crippen molar-refractivity contribution in [3.05, 3.63) is 33.9 Å². The summed E-state index contributed by atoms with van der Waals surface area (Å²) in [4.78, 5) is 34.5. The normalized spacial score (nSPS) is 13.3. The van der Waals surface area contributed by atoms with Gasteiger partial charge in [-0.2, -0.15) is 0 Å². The lowest BCUT2D eigenvalue weighted by atomic mass is 9.96. The third kappa shape index (κ3) is 7.81. The highest BCUT2D eigenvalue weighted by molar-refractivity contribution is 5.72. The van der Waals surface area contributed by atoms with Crippen LogP contribution in [0, 0.1) is 16.0 Å². The number of carbonyl (C=O) groups excluding carboxylic acids is 2. The molecule has 156 valence electrons. The van der Waals surface area contributed by atoms with Crippen molar-refractivity contribution >= 4 is 17.7 Å². The fourth-order valence-corrected chi connectivity index (χ4v) is 2.60. The number of alkyl carbamates (subject to hydrolysis) is 1. The molecule has 0 saturated heterocycles. The summed E-state index contributed by atoms with van der Waals surface area (Å²) in [7, 11) is 0. The van der Waals surface area contributed by atoms with Crippen LogP contribution in [-0.4, -0.2) is 40.3 Å². The number of hydrogen-bond acceptors (Lipinski definition) is 7. The van der Waals surface area contributed by atoms with Gasteiger partial charge in [-0.05, 0) is 52.2 Å². The van der Waals surface area contributed by atoms with Crippen LogP contribution in [-0.2, 0) is 20.7 Å². The zero-order valence-electron chi connectivity index (χ0n) is 16.9. The number of benzene rings is 1. The van der Waals surface area contributed by atoms with E-state index in [0.717, 1.165) is 0 Å². The first kappa shape index (κ1) is 23.2. The number of esters is 1. The summed E-state index contributed by atoms with van der Waals surface area (Å²) in [6, 6.07) is 3.47. The second kappa shape index (κ2) is 9.91. The van der Waals surface area contributed by atoms with E-state index in [9.17, 15) is 24.8 Å². The Morgan fingerprint density at radius 1 is 1.32 bits per heavy atom. The van der Waals surface area contributed by atoms with Gasteiger partial charge in [0.15, 0.2) is 5.75 Å². The van der Waals surface area contributed by atoms with Gasteiger partial charge in [-0.3, -0.25) is 14.9 Å². The number of nitro benzene ring substituents is 1. The fraction of sp³-hybridized carbons (Fsp3) is 0.579. The van der Waals surface area contributed by atoms with Crippen molar-refractivity contribution in [1.82, 2.24) is 5.32 Å². The molecule has 1 rings (SSSR count). The van der Waals surface area contributed by atoms with Gasteiger partial charge in [-0.25, -0.2) is 4.79 Å². The molecule has 28 heavy (non-hydrogen) atoms. The van der Waals surface area contributed by atoms with Crippen molar-refractivity contribution in [2.45, 2.75) is 59.1 Å². The summed E-state index contributed by atoms with van der Waals surface area (Å²) in [6.45, 7) is 8.82. The predicted octanol–water partition coefficient (Wildman–Crippen LogP) is 3.33.